The lowest BCUT2D eigenvalue weighted by molar-refractivity contribution is 0.0593. The van der Waals surface area contributed by atoms with Gasteiger partial charge in [0.15, 0.2) is 24.0 Å². The molecule has 3 unspecified atom stereocenters. The third-order valence-electron chi connectivity index (χ3n) is 5.69. The number of nitrogens with zero attached hydrogens (tertiary/aromatic N) is 1. The number of ether oxygens (including phenoxy) is 4. The maximum Gasteiger partial charge on any atom is 0.265 e. The van der Waals surface area contributed by atoms with Gasteiger partial charge in [-0.1, -0.05) is 23.7 Å². The van der Waals surface area contributed by atoms with Crippen LogP contribution < -0.4 is 19.1 Å². The van der Waals surface area contributed by atoms with Crippen LogP contribution in [-0.4, -0.2) is 47.2 Å². The lowest BCUT2D eigenvalue weighted by Crippen LogP contribution is -2.27. The molecule has 3 atom stereocenters. The van der Waals surface area contributed by atoms with E-state index in [1.807, 2.05) is 32.0 Å². The first-order valence-corrected chi connectivity index (χ1v) is 14.2. The van der Waals surface area contributed by atoms with Gasteiger partial charge in [0.1, 0.15) is 11.0 Å². The molecule has 200 valence electrons. The van der Waals surface area contributed by atoms with Crippen LogP contribution in [0.25, 0.3) is 0 Å². The number of nitrogens with one attached hydrogen (secondary N) is 1. The van der Waals surface area contributed by atoms with Crippen molar-refractivity contribution < 1.29 is 32.5 Å². The number of halogens is 1. The average Bonchev–Trinajstić information content (AvgIpc) is 3.54. The van der Waals surface area contributed by atoms with Crippen LogP contribution in [0.15, 0.2) is 53.4 Å². The summed E-state index contributed by atoms with van der Waals surface area (Å²) in [6.07, 6.45) is -1.79. The molecule has 0 spiro atoms. The average molecular weight is 569 g/mol. The van der Waals surface area contributed by atoms with E-state index >= 15 is 0 Å². The van der Waals surface area contributed by atoms with Crippen molar-refractivity contribution in [2.45, 2.75) is 37.4 Å². The SMILES string of the molecule is CCOc1ccc(N(C)S(=O)(=O)c2cc(Cl)sc2C(O)Nc2cccc(C3OC3OCC)c2)cc1OC. The highest BCUT2D eigenvalue weighted by atomic mass is 35.5. The van der Waals surface area contributed by atoms with Crippen LogP contribution >= 0.6 is 22.9 Å². The van der Waals surface area contributed by atoms with Crippen LogP contribution in [0.5, 0.6) is 11.5 Å². The largest absolute Gasteiger partial charge is 0.493 e. The first-order valence-electron chi connectivity index (χ1n) is 11.6. The van der Waals surface area contributed by atoms with Gasteiger partial charge in [0.2, 0.25) is 0 Å². The van der Waals surface area contributed by atoms with Gasteiger partial charge in [-0.3, -0.25) is 4.31 Å². The van der Waals surface area contributed by atoms with Gasteiger partial charge in [-0.25, -0.2) is 8.42 Å². The molecule has 1 aromatic heterocycles. The Labute approximate surface area is 225 Å². The molecule has 12 heteroatoms. The number of benzene rings is 2. The van der Waals surface area contributed by atoms with E-state index in [-0.39, 0.29) is 26.5 Å². The second-order valence-electron chi connectivity index (χ2n) is 8.07. The summed E-state index contributed by atoms with van der Waals surface area (Å²) in [4.78, 5) is 0.0611. The number of aliphatic hydroxyl groups excluding tert-OH is 1. The Morgan fingerprint density at radius 3 is 2.65 bits per heavy atom. The molecule has 4 rings (SSSR count). The Morgan fingerprint density at radius 2 is 1.95 bits per heavy atom. The monoisotopic (exact) mass is 568 g/mol. The molecule has 1 fully saturated rings. The summed E-state index contributed by atoms with van der Waals surface area (Å²) in [5.74, 6) is 0.905. The summed E-state index contributed by atoms with van der Waals surface area (Å²) in [6.45, 7) is 4.73. The maximum absolute atomic E-state index is 13.6. The standard InChI is InChI=1S/C25H29ClN2O7S2/c1-5-33-18-11-10-17(13-19(18)32-4)28(3)37(30,31)20-14-21(26)36-23(20)24(29)27-16-9-7-8-15(12-16)22-25(35-22)34-6-2/h7-14,22,24-25,27,29H,5-6H2,1-4H3. The second kappa shape index (κ2) is 11.5. The van der Waals surface area contributed by atoms with Crippen molar-refractivity contribution in [3.8, 4) is 11.5 Å². The molecule has 0 bridgehead atoms. The molecule has 1 saturated heterocycles. The quantitative estimate of drug-likeness (QED) is 0.227. The highest BCUT2D eigenvalue weighted by molar-refractivity contribution is 7.93. The van der Waals surface area contributed by atoms with Crippen molar-refractivity contribution in [3.05, 3.63) is 63.3 Å². The first-order chi connectivity index (χ1) is 17.7. The van der Waals surface area contributed by atoms with Crippen molar-refractivity contribution in [2.75, 3.05) is 37.0 Å². The second-order valence-corrected chi connectivity index (χ2v) is 11.7. The van der Waals surface area contributed by atoms with E-state index in [2.05, 4.69) is 5.32 Å². The van der Waals surface area contributed by atoms with Crippen LogP contribution in [-0.2, 0) is 19.5 Å². The molecule has 0 radical (unpaired) electrons. The minimum absolute atomic E-state index is 0.101. The molecule has 2 N–H and O–H groups in total. The summed E-state index contributed by atoms with van der Waals surface area (Å²) < 4.78 is 50.4. The fourth-order valence-corrected chi connectivity index (χ4v) is 6.79. The molecule has 3 aromatic rings. The molecule has 1 aliphatic rings. The fourth-order valence-electron chi connectivity index (χ4n) is 3.82. The molecule has 37 heavy (non-hydrogen) atoms. The minimum atomic E-state index is -4.09. The van der Waals surface area contributed by atoms with Crippen LogP contribution in [0.2, 0.25) is 4.34 Å². The lowest BCUT2D eigenvalue weighted by Gasteiger charge is -2.22. The number of rotatable bonds is 12. The Hall–Kier alpha value is -2.54. The van der Waals surface area contributed by atoms with Gasteiger partial charge in [-0.2, -0.15) is 0 Å². The highest BCUT2D eigenvalue weighted by Gasteiger charge is 2.41. The number of hydrogen-bond donors (Lipinski definition) is 2. The predicted octanol–water partition coefficient (Wildman–Crippen LogP) is 5.17. The molecule has 1 aliphatic heterocycles. The van der Waals surface area contributed by atoms with Gasteiger partial charge in [0.05, 0.1) is 28.6 Å². The molecule has 0 amide bonds. The van der Waals surface area contributed by atoms with E-state index < -0.39 is 16.3 Å². The maximum atomic E-state index is 13.6. The zero-order valence-corrected chi connectivity index (χ0v) is 23.2. The number of methoxy groups -OCH3 is 1. The number of sulfonamides is 1. The molecule has 2 heterocycles. The van der Waals surface area contributed by atoms with E-state index in [0.717, 1.165) is 21.2 Å². The van der Waals surface area contributed by atoms with Crippen LogP contribution in [0, 0.1) is 0 Å². The summed E-state index contributed by atoms with van der Waals surface area (Å²) in [7, 11) is -1.18. The molecule has 2 aromatic carbocycles. The third kappa shape index (κ3) is 5.97. The van der Waals surface area contributed by atoms with E-state index in [0.29, 0.717) is 36.1 Å². The first kappa shape index (κ1) is 27.5. The van der Waals surface area contributed by atoms with Crippen molar-refractivity contribution >= 4 is 44.3 Å². The third-order valence-corrected chi connectivity index (χ3v) is 8.96. The van der Waals surface area contributed by atoms with Gasteiger partial charge in [-0.05, 0) is 49.7 Å². The number of thiophene rings is 1. The number of aliphatic hydroxyl groups is 1. The van der Waals surface area contributed by atoms with Gasteiger partial charge in [0, 0.05) is 25.4 Å². The van der Waals surface area contributed by atoms with E-state index in [1.54, 1.807) is 24.3 Å². The Kier molecular flexibility index (Phi) is 8.52. The van der Waals surface area contributed by atoms with Crippen LogP contribution in [0.3, 0.4) is 0 Å². The van der Waals surface area contributed by atoms with Crippen molar-refractivity contribution in [2.24, 2.45) is 0 Å². The van der Waals surface area contributed by atoms with Gasteiger partial charge >= 0.3 is 0 Å². The summed E-state index contributed by atoms with van der Waals surface area (Å²) >= 11 is 7.21. The van der Waals surface area contributed by atoms with Gasteiger partial charge in [-0.15, -0.1) is 11.3 Å². The lowest BCUT2D eigenvalue weighted by atomic mass is 10.1. The number of epoxide rings is 1. The Morgan fingerprint density at radius 1 is 1.16 bits per heavy atom. The van der Waals surface area contributed by atoms with Crippen molar-refractivity contribution in [1.29, 1.82) is 0 Å². The van der Waals surface area contributed by atoms with Gasteiger partial charge < -0.3 is 29.4 Å². The topological polar surface area (TPSA) is 110 Å². The van der Waals surface area contributed by atoms with Crippen molar-refractivity contribution in [3.63, 3.8) is 0 Å². The molecule has 0 saturated carbocycles. The predicted molar refractivity (Wildman–Crippen MR) is 143 cm³/mol. The molecular weight excluding hydrogens is 540 g/mol. The zero-order valence-electron chi connectivity index (χ0n) is 20.8. The van der Waals surface area contributed by atoms with E-state index in [4.69, 9.17) is 30.5 Å². The minimum Gasteiger partial charge on any atom is -0.493 e. The molecule has 9 nitrogen and oxygen atoms in total. The van der Waals surface area contributed by atoms with E-state index in [9.17, 15) is 13.5 Å². The highest BCUT2D eigenvalue weighted by Crippen LogP contribution is 2.41. The zero-order chi connectivity index (χ0) is 26.7. The molecular formula is C25H29ClN2O7S2. The van der Waals surface area contributed by atoms with Crippen LogP contribution in [0.1, 0.15) is 36.6 Å². The summed E-state index contributed by atoms with van der Waals surface area (Å²) in [6, 6.07) is 13.5. The number of anilines is 2. The van der Waals surface area contributed by atoms with E-state index in [1.165, 1.54) is 20.2 Å². The smallest absolute Gasteiger partial charge is 0.265 e. The number of hydrogen-bond acceptors (Lipinski definition) is 9. The van der Waals surface area contributed by atoms with Crippen LogP contribution in [0.4, 0.5) is 11.4 Å². The fraction of sp³-hybridized carbons (Fsp3) is 0.360. The molecule has 0 aliphatic carbocycles. The van der Waals surface area contributed by atoms with Gasteiger partial charge in [0.25, 0.3) is 10.0 Å². The Balaban J connectivity index is 1.57. The van der Waals surface area contributed by atoms with Crippen molar-refractivity contribution in [1.82, 2.24) is 0 Å². The summed E-state index contributed by atoms with van der Waals surface area (Å²) in [5, 5.41) is 14.0. The normalized spacial score (nSPS) is 17.8. The Bertz CT molecular complexity index is 1350. The summed E-state index contributed by atoms with van der Waals surface area (Å²) in [5.41, 5.74) is 1.84.